The van der Waals surface area contributed by atoms with Crippen molar-refractivity contribution in [2.75, 3.05) is 7.11 Å². The number of aliphatic hydroxyl groups is 1. The van der Waals surface area contributed by atoms with Crippen LogP contribution in [-0.4, -0.2) is 18.3 Å². The van der Waals surface area contributed by atoms with Gasteiger partial charge >= 0.3 is 0 Å². The number of benzene rings is 1. The van der Waals surface area contributed by atoms with Crippen molar-refractivity contribution in [1.82, 2.24) is 0 Å². The van der Waals surface area contributed by atoms with Gasteiger partial charge in [0.15, 0.2) is 0 Å². The number of aliphatic hydroxyl groups excluding tert-OH is 1. The summed E-state index contributed by atoms with van der Waals surface area (Å²) in [6.07, 6.45) is 7.15. The van der Waals surface area contributed by atoms with Gasteiger partial charge in [-0.3, -0.25) is 0 Å². The molecule has 0 bridgehead atoms. The lowest BCUT2D eigenvalue weighted by Crippen LogP contribution is -2.16. The summed E-state index contributed by atoms with van der Waals surface area (Å²) in [5.74, 6) is 1.31. The topological polar surface area (TPSA) is 29.5 Å². The zero-order valence-corrected chi connectivity index (χ0v) is 13.9. The summed E-state index contributed by atoms with van der Waals surface area (Å²) < 4.78 is 5.16. The van der Waals surface area contributed by atoms with Gasteiger partial charge in [-0.05, 0) is 56.2 Å². The monoisotopic (exact) mass is 290 g/mol. The highest BCUT2D eigenvalue weighted by atomic mass is 16.5. The highest BCUT2D eigenvalue weighted by Crippen LogP contribution is 2.17. The molecule has 0 spiro atoms. The van der Waals surface area contributed by atoms with E-state index in [0.717, 1.165) is 37.9 Å². The van der Waals surface area contributed by atoms with E-state index in [4.69, 9.17) is 4.74 Å². The van der Waals surface area contributed by atoms with Crippen LogP contribution in [0.5, 0.6) is 5.75 Å². The average molecular weight is 290 g/mol. The molecule has 0 saturated heterocycles. The SMILES string of the molecule is CCC(C)[C@H](O)CC/C(C)=C/CCc1ccc(OC)cc1. The molecule has 0 radical (unpaired) electrons. The lowest BCUT2D eigenvalue weighted by molar-refractivity contribution is 0.106. The average Bonchev–Trinajstić information content (AvgIpc) is 2.52. The molecule has 2 heteroatoms. The highest BCUT2D eigenvalue weighted by Gasteiger charge is 2.11. The summed E-state index contributed by atoms with van der Waals surface area (Å²) in [6.45, 7) is 6.41. The molecular formula is C19H30O2. The van der Waals surface area contributed by atoms with Crippen LogP contribution in [0.3, 0.4) is 0 Å². The fraction of sp³-hybridized carbons (Fsp3) is 0.579. The van der Waals surface area contributed by atoms with Crippen molar-refractivity contribution in [1.29, 1.82) is 0 Å². The van der Waals surface area contributed by atoms with Crippen LogP contribution in [0.15, 0.2) is 35.9 Å². The van der Waals surface area contributed by atoms with Gasteiger partial charge < -0.3 is 9.84 Å². The summed E-state index contributed by atoms with van der Waals surface area (Å²) in [4.78, 5) is 0. The Kier molecular flexibility index (Phi) is 8.14. The molecule has 0 heterocycles. The molecule has 0 aliphatic heterocycles. The van der Waals surface area contributed by atoms with E-state index in [2.05, 4.69) is 39.0 Å². The third kappa shape index (κ3) is 6.81. The predicted octanol–water partition coefficient (Wildman–Crippen LogP) is 4.76. The molecule has 1 N–H and O–H groups in total. The number of hydrogen-bond acceptors (Lipinski definition) is 2. The lowest BCUT2D eigenvalue weighted by Gasteiger charge is -2.16. The van der Waals surface area contributed by atoms with Crippen molar-refractivity contribution in [3.63, 3.8) is 0 Å². The number of aryl methyl sites for hydroxylation is 1. The van der Waals surface area contributed by atoms with Crippen LogP contribution in [0.4, 0.5) is 0 Å². The second kappa shape index (κ2) is 9.62. The molecule has 1 rings (SSSR count). The van der Waals surface area contributed by atoms with Crippen LogP contribution in [0.2, 0.25) is 0 Å². The fourth-order valence-electron chi connectivity index (χ4n) is 2.31. The first kappa shape index (κ1) is 17.8. The van der Waals surface area contributed by atoms with Gasteiger partial charge in [0.05, 0.1) is 13.2 Å². The summed E-state index contributed by atoms with van der Waals surface area (Å²) in [6, 6.07) is 8.26. The molecule has 0 amide bonds. The molecule has 1 aromatic carbocycles. The van der Waals surface area contributed by atoms with Crippen LogP contribution in [0, 0.1) is 5.92 Å². The van der Waals surface area contributed by atoms with Gasteiger partial charge in [0.2, 0.25) is 0 Å². The maximum absolute atomic E-state index is 9.98. The molecule has 0 aliphatic carbocycles. The van der Waals surface area contributed by atoms with E-state index in [9.17, 15) is 5.11 Å². The Hall–Kier alpha value is -1.28. The third-order valence-corrected chi connectivity index (χ3v) is 4.22. The number of ether oxygens (including phenoxy) is 1. The zero-order valence-electron chi connectivity index (χ0n) is 13.9. The van der Waals surface area contributed by atoms with Gasteiger partial charge in [-0.25, -0.2) is 0 Å². The standard InChI is InChI=1S/C19H30O2/c1-5-16(3)19(20)14-9-15(2)7-6-8-17-10-12-18(21-4)13-11-17/h7,10-13,16,19-20H,5-6,8-9,14H2,1-4H3/b15-7+/t16?,19-/m1/s1. The van der Waals surface area contributed by atoms with E-state index < -0.39 is 0 Å². The molecular weight excluding hydrogens is 260 g/mol. The summed E-state index contributed by atoms with van der Waals surface area (Å²) in [5.41, 5.74) is 2.71. The Morgan fingerprint density at radius 2 is 1.95 bits per heavy atom. The van der Waals surface area contributed by atoms with Crippen LogP contribution in [0.1, 0.15) is 52.0 Å². The minimum Gasteiger partial charge on any atom is -0.497 e. The van der Waals surface area contributed by atoms with Gasteiger partial charge in [0.1, 0.15) is 5.75 Å². The molecule has 21 heavy (non-hydrogen) atoms. The van der Waals surface area contributed by atoms with E-state index in [1.54, 1.807) is 7.11 Å². The van der Waals surface area contributed by atoms with Gasteiger partial charge in [-0.1, -0.05) is 44.1 Å². The molecule has 2 atom stereocenters. The maximum atomic E-state index is 9.98. The first-order valence-corrected chi connectivity index (χ1v) is 8.03. The summed E-state index contributed by atoms with van der Waals surface area (Å²) >= 11 is 0. The van der Waals surface area contributed by atoms with Gasteiger partial charge in [-0.15, -0.1) is 0 Å². The molecule has 0 fully saturated rings. The van der Waals surface area contributed by atoms with Crippen LogP contribution >= 0.6 is 0 Å². The molecule has 1 aromatic rings. The second-order valence-corrected chi connectivity index (χ2v) is 5.93. The van der Waals surface area contributed by atoms with E-state index >= 15 is 0 Å². The van der Waals surface area contributed by atoms with Crippen molar-refractivity contribution < 1.29 is 9.84 Å². The number of hydrogen-bond donors (Lipinski definition) is 1. The Morgan fingerprint density at radius 1 is 1.29 bits per heavy atom. The summed E-state index contributed by atoms with van der Waals surface area (Å²) in [7, 11) is 1.69. The minimum atomic E-state index is -0.167. The normalized spacial score (nSPS) is 14.8. The van der Waals surface area contributed by atoms with Crippen molar-refractivity contribution in [3.8, 4) is 5.75 Å². The quantitative estimate of drug-likeness (QED) is 0.664. The number of methoxy groups -OCH3 is 1. The maximum Gasteiger partial charge on any atom is 0.118 e. The van der Waals surface area contributed by atoms with Crippen LogP contribution in [0.25, 0.3) is 0 Å². The molecule has 0 aromatic heterocycles. The second-order valence-electron chi connectivity index (χ2n) is 5.93. The van der Waals surface area contributed by atoms with E-state index in [-0.39, 0.29) is 6.10 Å². The van der Waals surface area contributed by atoms with E-state index in [1.165, 1.54) is 11.1 Å². The number of allylic oxidation sites excluding steroid dienone is 2. The molecule has 0 saturated carbocycles. The lowest BCUT2D eigenvalue weighted by atomic mass is 9.96. The van der Waals surface area contributed by atoms with E-state index in [0.29, 0.717) is 5.92 Å². The highest BCUT2D eigenvalue weighted by molar-refractivity contribution is 5.27. The first-order valence-electron chi connectivity index (χ1n) is 8.03. The van der Waals surface area contributed by atoms with Gasteiger partial charge in [0.25, 0.3) is 0 Å². The molecule has 118 valence electrons. The molecule has 2 nitrogen and oxygen atoms in total. The zero-order chi connectivity index (χ0) is 15.7. The van der Waals surface area contributed by atoms with Crippen molar-refractivity contribution in [3.05, 3.63) is 41.5 Å². The minimum absolute atomic E-state index is 0.167. The largest absolute Gasteiger partial charge is 0.497 e. The Labute approximate surface area is 129 Å². The fourth-order valence-corrected chi connectivity index (χ4v) is 2.31. The predicted molar refractivity (Wildman–Crippen MR) is 89.8 cm³/mol. The van der Waals surface area contributed by atoms with Crippen molar-refractivity contribution >= 4 is 0 Å². The van der Waals surface area contributed by atoms with Crippen molar-refractivity contribution in [2.45, 2.75) is 59.0 Å². The smallest absolute Gasteiger partial charge is 0.118 e. The van der Waals surface area contributed by atoms with Crippen LogP contribution < -0.4 is 4.74 Å². The molecule has 1 unspecified atom stereocenters. The Morgan fingerprint density at radius 3 is 2.52 bits per heavy atom. The summed E-state index contributed by atoms with van der Waals surface area (Å²) in [5, 5.41) is 9.98. The first-order chi connectivity index (χ1) is 10.1. The molecule has 0 aliphatic rings. The third-order valence-electron chi connectivity index (χ3n) is 4.22. The van der Waals surface area contributed by atoms with Gasteiger partial charge in [-0.2, -0.15) is 0 Å². The Balaban J connectivity index is 2.31. The number of rotatable bonds is 9. The van der Waals surface area contributed by atoms with E-state index in [1.807, 2.05) is 12.1 Å². The van der Waals surface area contributed by atoms with Crippen LogP contribution in [-0.2, 0) is 6.42 Å². The van der Waals surface area contributed by atoms with Crippen molar-refractivity contribution in [2.24, 2.45) is 5.92 Å². The van der Waals surface area contributed by atoms with Gasteiger partial charge in [0, 0.05) is 0 Å². The Bertz CT molecular complexity index is 420.